The van der Waals surface area contributed by atoms with Gasteiger partial charge in [0.05, 0.1) is 0 Å². The second kappa shape index (κ2) is 4.22. The number of nitrogens with one attached hydrogen (secondary N) is 1. The van der Waals surface area contributed by atoms with Crippen LogP contribution in [0.2, 0.25) is 0 Å². The second-order valence-electron chi connectivity index (χ2n) is 4.72. The Kier molecular flexibility index (Phi) is 3.03. The van der Waals surface area contributed by atoms with Gasteiger partial charge in [0.15, 0.2) is 5.11 Å². The van der Waals surface area contributed by atoms with E-state index >= 15 is 0 Å². The Morgan fingerprint density at radius 3 is 2.71 bits per heavy atom. The van der Waals surface area contributed by atoms with Crippen molar-refractivity contribution in [3.8, 4) is 0 Å². The summed E-state index contributed by atoms with van der Waals surface area (Å²) in [5.74, 6) is -0.516. The van der Waals surface area contributed by atoms with E-state index in [0.717, 1.165) is 31.3 Å². The average Bonchev–Trinajstić information content (AvgIpc) is 2.35. The van der Waals surface area contributed by atoms with Crippen molar-refractivity contribution in [1.82, 2.24) is 10.2 Å². The van der Waals surface area contributed by atoms with E-state index in [1.165, 1.54) is 4.90 Å². The van der Waals surface area contributed by atoms with Gasteiger partial charge >= 0.3 is 0 Å². The number of hydrogen-bond donors (Lipinski definition) is 1. The van der Waals surface area contributed by atoms with E-state index in [1.807, 2.05) is 6.08 Å². The van der Waals surface area contributed by atoms with Gasteiger partial charge in [-0.2, -0.15) is 0 Å². The fourth-order valence-electron chi connectivity index (χ4n) is 2.41. The maximum absolute atomic E-state index is 12.3. The van der Waals surface area contributed by atoms with E-state index in [9.17, 15) is 9.59 Å². The molecule has 1 fully saturated rings. The first-order valence-corrected chi connectivity index (χ1v) is 6.22. The molecule has 1 aliphatic heterocycles. The Morgan fingerprint density at radius 1 is 1.41 bits per heavy atom. The lowest BCUT2D eigenvalue weighted by Gasteiger charge is -2.39. The van der Waals surface area contributed by atoms with Crippen molar-refractivity contribution in [3.05, 3.63) is 11.6 Å². The zero-order valence-corrected chi connectivity index (χ0v) is 10.9. The number of rotatable bonds is 1. The lowest BCUT2D eigenvalue weighted by Crippen LogP contribution is -2.62. The van der Waals surface area contributed by atoms with Crippen LogP contribution >= 0.6 is 12.2 Å². The maximum Gasteiger partial charge on any atom is 0.248 e. The molecule has 17 heavy (non-hydrogen) atoms. The Morgan fingerprint density at radius 2 is 2.12 bits per heavy atom. The summed E-state index contributed by atoms with van der Waals surface area (Å²) in [6.45, 7) is 1.69. The monoisotopic (exact) mass is 252 g/mol. The summed E-state index contributed by atoms with van der Waals surface area (Å²) in [6.07, 6.45) is 5.96. The van der Waals surface area contributed by atoms with Crippen LogP contribution in [0.5, 0.6) is 0 Å². The predicted octanol–water partition coefficient (Wildman–Crippen LogP) is 1.37. The molecule has 4 nitrogen and oxygen atoms in total. The topological polar surface area (TPSA) is 49.4 Å². The van der Waals surface area contributed by atoms with Gasteiger partial charge in [-0.15, -0.1) is 0 Å². The molecule has 1 atom stereocenters. The van der Waals surface area contributed by atoms with Gasteiger partial charge in [-0.05, 0) is 50.4 Å². The minimum Gasteiger partial charge on any atom is -0.301 e. The number of carbonyl (C=O) groups excluding carboxylic acids is 2. The lowest BCUT2D eigenvalue weighted by atomic mass is 9.74. The molecule has 0 aromatic heterocycles. The molecular formula is C12H16N2O2S. The fraction of sp³-hybridized carbons (Fsp3) is 0.583. The summed E-state index contributed by atoms with van der Waals surface area (Å²) in [6, 6.07) is 0. The maximum atomic E-state index is 12.3. The minimum absolute atomic E-state index is 0.189. The number of thiocarbonyl (C=S) groups is 1. The summed E-state index contributed by atoms with van der Waals surface area (Å²) >= 11 is 4.94. The van der Waals surface area contributed by atoms with E-state index in [1.54, 1.807) is 14.0 Å². The number of amides is 2. The third-order valence-electron chi connectivity index (χ3n) is 3.64. The highest BCUT2D eigenvalue weighted by Gasteiger charge is 2.50. The number of carbonyl (C=O) groups is 2. The molecule has 5 heteroatoms. The first-order valence-electron chi connectivity index (χ1n) is 5.81. The highest BCUT2D eigenvalue weighted by molar-refractivity contribution is 7.80. The first kappa shape index (κ1) is 12.2. The summed E-state index contributed by atoms with van der Waals surface area (Å²) in [7, 11) is 1.60. The van der Waals surface area contributed by atoms with Gasteiger partial charge in [-0.25, -0.2) is 0 Å². The summed E-state index contributed by atoms with van der Waals surface area (Å²) < 4.78 is 0. The Labute approximate surface area is 106 Å². The quantitative estimate of drug-likeness (QED) is 0.435. The summed E-state index contributed by atoms with van der Waals surface area (Å²) in [5, 5.41) is 2.79. The zero-order valence-electron chi connectivity index (χ0n) is 10.1. The molecule has 1 heterocycles. The van der Waals surface area contributed by atoms with E-state index in [2.05, 4.69) is 5.32 Å². The van der Waals surface area contributed by atoms with Gasteiger partial charge in [0.1, 0.15) is 5.41 Å². The normalized spacial score (nSPS) is 30.1. The predicted molar refractivity (Wildman–Crippen MR) is 68.2 cm³/mol. The van der Waals surface area contributed by atoms with E-state index in [0.29, 0.717) is 0 Å². The molecule has 1 saturated heterocycles. The van der Waals surface area contributed by atoms with Crippen molar-refractivity contribution >= 4 is 29.1 Å². The van der Waals surface area contributed by atoms with Gasteiger partial charge in [0, 0.05) is 7.05 Å². The van der Waals surface area contributed by atoms with Crippen molar-refractivity contribution in [2.24, 2.45) is 5.41 Å². The first-order chi connectivity index (χ1) is 7.98. The smallest absolute Gasteiger partial charge is 0.248 e. The third-order valence-corrected chi connectivity index (χ3v) is 4.02. The van der Waals surface area contributed by atoms with Crippen LogP contribution in [0, 0.1) is 5.41 Å². The SMILES string of the molecule is CN1C(=O)[C@](C)(C2=CCCCC2)C(=O)NC1=S. The molecule has 0 bridgehead atoms. The van der Waals surface area contributed by atoms with E-state index in [4.69, 9.17) is 12.2 Å². The summed E-state index contributed by atoms with van der Waals surface area (Å²) in [5.41, 5.74) is -0.141. The van der Waals surface area contributed by atoms with Crippen LogP contribution in [0.4, 0.5) is 0 Å². The third kappa shape index (κ3) is 1.78. The van der Waals surface area contributed by atoms with Crippen LogP contribution in [-0.4, -0.2) is 28.9 Å². The highest BCUT2D eigenvalue weighted by Crippen LogP contribution is 2.37. The second-order valence-corrected chi connectivity index (χ2v) is 5.11. The van der Waals surface area contributed by atoms with E-state index < -0.39 is 5.41 Å². The molecule has 1 N–H and O–H groups in total. The molecule has 0 saturated carbocycles. The van der Waals surface area contributed by atoms with Gasteiger partial charge in [0.25, 0.3) is 0 Å². The highest BCUT2D eigenvalue weighted by atomic mass is 32.1. The van der Waals surface area contributed by atoms with Crippen molar-refractivity contribution < 1.29 is 9.59 Å². The molecule has 0 unspecified atom stereocenters. The minimum atomic E-state index is -1.07. The molecule has 0 aromatic carbocycles. The molecule has 1 aliphatic carbocycles. The van der Waals surface area contributed by atoms with Crippen molar-refractivity contribution in [1.29, 1.82) is 0 Å². The van der Waals surface area contributed by atoms with Gasteiger partial charge in [-0.3, -0.25) is 14.5 Å². The Hall–Kier alpha value is -1.23. The standard InChI is InChI=1S/C12H16N2O2S/c1-12(8-6-4-3-5-7-8)9(15)13-11(17)14(2)10(12)16/h6H,3-5,7H2,1-2H3,(H,13,15,17)/t12-/m1/s1. The van der Waals surface area contributed by atoms with Crippen LogP contribution in [0.25, 0.3) is 0 Å². The van der Waals surface area contributed by atoms with Crippen LogP contribution in [0.15, 0.2) is 11.6 Å². The lowest BCUT2D eigenvalue weighted by molar-refractivity contribution is -0.145. The molecule has 92 valence electrons. The van der Waals surface area contributed by atoms with E-state index in [-0.39, 0.29) is 16.9 Å². The fourth-order valence-corrected chi connectivity index (χ4v) is 2.58. The largest absolute Gasteiger partial charge is 0.301 e. The number of hydrogen-bond acceptors (Lipinski definition) is 3. The Bertz CT molecular complexity index is 430. The molecule has 2 amide bonds. The molecule has 0 aromatic rings. The van der Waals surface area contributed by atoms with Crippen molar-refractivity contribution in [2.45, 2.75) is 32.6 Å². The number of nitrogens with zero attached hydrogens (tertiary/aromatic N) is 1. The zero-order chi connectivity index (χ0) is 12.6. The Balaban J connectivity index is 2.40. The van der Waals surface area contributed by atoms with Gasteiger partial charge in [0.2, 0.25) is 11.8 Å². The van der Waals surface area contributed by atoms with Gasteiger partial charge in [-0.1, -0.05) is 6.08 Å². The van der Waals surface area contributed by atoms with Crippen molar-refractivity contribution in [3.63, 3.8) is 0 Å². The van der Waals surface area contributed by atoms with Gasteiger partial charge < -0.3 is 5.32 Å². The number of allylic oxidation sites excluding steroid dienone is 1. The molecule has 0 spiro atoms. The van der Waals surface area contributed by atoms with Crippen LogP contribution in [-0.2, 0) is 9.59 Å². The molecule has 2 aliphatic rings. The molecule has 0 radical (unpaired) electrons. The van der Waals surface area contributed by atoms with Crippen LogP contribution < -0.4 is 5.32 Å². The van der Waals surface area contributed by atoms with Crippen molar-refractivity contribution in [2.75, 3.05) is 7.05 Å². The molecular weight excluding hydrogens is 236 g/mol. The average molecular weight is 252 g/mol. The summed E-state index contributed by atoms with van der Waals surface area (Å²) in [4.78, 5) is 25.8. The molecule has 2 rings (SSSR count). The van der Waals surface area contributed by atoms with Crippen LogP contribution in [0.1, 0.15) is 32.6 Å². The van der Waals surface area contributed by atoms with Crippen LogP contribution in [0.3, 0.4) is 0 Å².